The van der Waals surface area contributed by atoms with Gasteiger partial charge in [0.2, 0.25) is 0 Å². The molecule has 1 aliphatic carbocycles. The SMILES string of the molecule is CCc1nn(C)c(CC(O)C2CCCc3sccc32)c1Cl. The van der Waals surface area contributed by atoms with Gasteiger partial charge in [0.15, 0.2) is 0 Å². The number of hydrogen-bond donors (Lipinski definition) is 1. The van der Waals surface area contributed by atoms with E-state index in [-0.39, 0.29) is 5.92 Å². The van der Waals surface area contributed by atoms with Gasteiger partial charge in [0.25, 0.3) is 0 Å². The molecule has 2 aromatic heterocycles. The van der Waals surface area contributed by atoms with E-state index in [0.717, 1.165) is 42.1 Å². The summed E-state index contributed by atoms with van der Waals surface area (Å²) in [5.74, 6) is 0.232. The molecule has 0 aromatic carbocycles. The number of nitrogens with zero attached hydrogens (tertiary/aromatic N) is 2. The van der Waals surface area contributed by atoms with Crippen LogP contribution < -0.4 is 0 Å². The Morgan fingerprint density at radius 2 is 2.38 bits per heavy atom. The van der Waals surface area contributed by atoms with E-state index in [0.29, 0.717) is 6.42 Å². The van der Waals surface area contributed by atoms with Crippen LogP contribution >= 0.6 is 22.9 Å². The van der Waals surface area contributed by atoms with Crippen LogP contribution in [0.4, 0.5) is 0 Å². The summed E-state index contributed by atoms with van der Waals surface area (Å²) in [6.45, 7) is 2.05. The number of hydrogen-bond acceptors (Lipinski definition) is 3. The normalized spacial score (nSPS) is 19.5. The van der Waals surface area contributed by atoms with Crippen LogP contribution in [0.1, 0.15) is 47.5 Å². The fraction of sp³-hybridized carbons (Fsp3) is 0.562. The monoisotopic (exact) mass is 324 g/mol. The smallest absolute Gasteiger partial charge is 0.0850 e. The Kier molecular flexibility index (Phi) is 4.38. The summed E-state index contributed by atoms with van der Waals surface area (Å²) < 4.78 is 1.82. The van der Waals surface area contributed by atoms with Gasteiger partial charge in [0.05, 0.1) is 22.5 Å². The number of aryl methyl sites for hydroxylation is 3. The maximum atomic E-state index is 10.7. The quantitative estimate of drug-likeness (QED) is 0.930. The Morgan fingerprint density at radius 1 is 1.57 bits per heavy atom. The molecule has 3 nitrogen and oxygen atoms in total. The first-order valence-electron chi connectivity index (χ1n) is 7.56. The van der Waals surface area contributed by atoms with Gasteiger partial charge in [-0.1, -0.05) is 18.5 Å². The first-order chi connectivity index (χ1) is 10.1. The minimum Gasteiger partial charge on any atom is -0.392 e. The van der Waals surface area contributed by atoms with Crippen molar-refractivity contribution >= 4 is 22.9 Å². The van der Waals surface area contributed by atoms with Crippen LogP contribution in [0.5, 0.6) is 0 Å². The Balaban J connectivity index is 1.82. The molecular weight excluding hydrogens is 304 g/mol. The third-order valence-corrected chi connectivity index (χ3v) is 5.90. The van der Waals surface area contributed by atoms with E-state index < -0.39 is 6.10 Å². The molecule has 114 valence electrons. The molecule has 3 rings (SSSR count). The van der Waals surface area contributed by atoms with Gasteiger partial charge in [-0.05, 0) is 42.7 Å². The molecule has 0 radical (unpaired) electrons. The summed E-state index contributed by atoms with van der Waals surface area (Å²) in [5.41, 5.74) is 3.21. The second kappa shape index (κ2) is 6.11. The van der Waals surface area contributed by atoms with Crippen molar-refractivity contribution in [3.63, 3.8) is 0 Å². The predicted molar refractivity (Wildman–Crippen MR) is 87.3 cm³/mol. The van der Waals surface area contributed by atoms with Gasteiger partial charge in [0, 0.05) is 24.3 Å². The van der Waals surface area contributed by atoms with E-state index in [1.807, 2.05) is 30.0 Å². The summed E-state index contributed by atoms with van der Waals surface area (Å²) in [5, 5.41) is 18.0. The highest BCUT2D eigenvalue weighted by Gasteiger charge is 2.29. The minimum absolute atomic E-state index is 0.232. The first kappa shape index (κ1) is 15.1. The molecule has 0 aliphatic heterocycles. The van der Waals surface area contributed by atoms with Crippen LogP contribution in [0, 0.1) is 0 Å². The average molecular weight is 325 g/mol. The molecular formula is C16H21ClN2OS. The molecule has 1 N–H and O–H groups in total. The van der Waals surface area contributed by atoms with Gasteiger partial charge in [-0.3, -0.25) is 4.68 Å². The maximum absolute atomic E-state index is 10.7. The van der Waals surface area contributed by atoms with Crippen LogP contribution in [-0.4, -0.2) is 21.0 Å². The van der Waals surface area contributed by atoms with Gasteiger partial charge < -0.3 is 5.11 Å². The lowest BCUT2D eigenvalue weighted by Gasteiger charge is -2.27. The number of fused-ring (bicyclic) bond motifs is 1. The molecule has 0 bridgehead atoms. The van der Waals surface area contributed by atoms with Crippen molar-refractivity contribution in [2.75, 3.05) is 0 Å². The van der Waals surface area contributed by atoms with Crippen LogP contribution in [0.15, 0.2) is 11.4 Å². The number of aliphatic hydroxyl groups is 1. The zero-order chi connectivity index (χ0) is 15.0. The van der Waals surface area contributed by atoms with E-state index in [2.05, 4.69) is 16.5 Å². The third-order valence-electron chi connectivity index (χ3n) is 4.47. The van der Waals surface area contributed by atoms with Gasteiger partial charge in [-0.2, -0.15) is 5.10 Å². The Hall–Kier alpha value is -0.840. The van der Waals surface area contributed by atoms with Crippen molar-refractivity contribution in [3.05, 3.63) is 38.3 Å². The summed E-state index contributed by atoms with van der Waals surface area (Å²) in [4.78, 5) is 1.44. The van der Waals surface area contributed by atoms with Gasteiger partial charge >= 0.3 is 0 Å². The van der Waals surface area contributed by atoms with Crippen molar-refractivity contribution in [3.8, 4) is 0 Å². The van der Waals surface area contributed by atoms with E-state index >= 15 is 0 Å². The standard InChI is InChI=1S/C16H21ClN2OS/c1-3-12-16(17)13(19(2)18-12)9-14(20)10-5-4-6-15-11(10)7-8-21-15/h7-8,10,14,20H,3-6,9H2,1-2H3. The first-order valence-corrected chi connectivity index (χ1v) is 8.82. The molecule has 5 heteroatoms. The molecule has 2 aromatic rings. The number of rotatable bonds is 4. The molecule has 21 heavy (non-hydrogen) atoms. The Morgan fingerprint density at radius 3 is 3.10 bits per heavy atom. The topological polar surface area (TPSA) is 38.0 Å². The van der Waals surface area contributed by atoms with E-state index in [1.165, 1.54) is 10.4 Å². The second-order valence-electron chi connectivity index (χ2n) is 5.75. The Labute approximate surface area is 134 Å². The molecule has 0 amide bonds. The summed E-state index contributed by atoms with van der Waals surface area (Å²) in [6, 6.07) is 2.18. The zero-order valence-corrected chi connectivity index (χ0v) is 14.0. The lowest BCUT2D eigenvalue weighted by molar-refractivity contribution is 0.133. The van der Waals surface area contributed by atoms with Crippen molar-refractivity contribution in [2.45, 2.75) is 51.0 Å². The maximum Gasteiger partial charge on any atom is 0.0850 e. The highest BCUT2D eigenvalue weighted by atomic mass is 35.5. The lowest BCUT2D eigenvalue weighted by atomic mass is 9.82. The largest absolute Gasteiger partial charge is 0.392 e. The number of thiophene rings is 1. The molecule has 0 saturated heterocycles. The molecule has 1 aliphatic rings. The summed E-state index contributed by atoms with van der Waals surface area (Å²) in [7, 11) is 1.91. The van der Waals surface area contributed by atoms with Crippen LogP contribution in [0.3, 0.4) is 0 Å². The van der Waals surface area contributed by atoms with Crippen molar-refractivity contribution in [1.29, 1.82) is 0 Å². The van der Waals surface area contributed by atoms with Crippen LogP contribution in [-0.2, 0) is 26.3 Å². The molecule has 0 saturated carbocycles. The molecule has 2 unspecified atom stereocenters. The van der Waals surface area contributed by atoms with Gasteiger partial charge in [0.1, 0.15) is 0 Å². The van der Waals surface area contributed by atoms with E-state index in [1.54, 1.807) is 0 Å². The molecule has 2 heterocycles. The van der Waals surface area contributed by atoms with Crippen molar-refractivity contribution < 1.29 is 5.11 Å². The Bertz CT molecular complexity index is 634. The number of halogens is 1. The highest BCUT2D eigenvalue weighted by molar-refractivity contribution is 7.10. The van der Waals surface area contributed by atoms with Crippen LogP contribution in [0.25, 0.3) is 0 Å². The molecule has 2 atom stereocenters. The zero-order valence-electron chi connectivity index (χ0n) is 12.5. The fourth-order valence-corrected chi connectivity index (χ4v) is 4.67. The van der Waals surface area contributed by atoms with Gasteiger partial charge in [-0.25, -0.2) is 0 Å². The van der Waals surface area contributed by atoms with Crippen molar-refractivity contribution in [2.24, 2.45) is 7.05 Å². The van der Waals surface area contributed by atoms with Crippen molar-refractivity contribution in [1.82, 2.24) is 9.78 Å². The minimum atomic E-state index is -0.392. The van der Waals surface area contributed by atoms with E-state index in [4.69, 9.17) is 11.6 Å². The van der Waals surface area contributed by atoms with Crippen LogP contribution in [0.2, 0.25) is 5.02 Å². The third kappa shape index (κ3) is 2.77. The predicted octanol–water partition coefficient (Wildman–Crippen LogP) is 3.72. The average Bonchev–Trinajstić information content (AvgIpc) is 3.06. The number of aromatic nitrogens is 2. The highest BCUT2D eigenvalue weighted by Crippen LogP contribution is 2.38. The second-order valence-corrected chi connectivity index (χ2v) is 7.13. The van der Waals surface area contributed by atoms with Gasteiger partial charge in [-0.15, -0.1) is 11.3 Å². The lowest BCUT2D eigenvalue weighted by Crippen LogP contribution is -2.25. The fourth-order valence-electron chi connectivity index (χ4n) is 3.30. The summed E-state index contributed by atoms with van der Waals surface area (Å²) >= 11 is 8.21. The summed E-state index contributed by atoms with van der Waals surface area (Å²) in [6.07, 6.45) is 4.37. The van der Waals surface area contributed by atoms with E-state index in [9.17, 15) is 5.11 Å². The number of aliphatic hydroxyl groups excluding tert-OH is 1. The molecule has 0 fully saturated rings. The molecule has 0 spiro atoms.